The molecule has 2 N–H and O–H groups in total. The third-order valence-corrected chi connectivity index (χ3v) is 3.26. The summed E-state index contributed by atoms with van der Waals surface area (Å²) in [7, 11) is 0. The Bertz CT molecular complexity index is 457. The highest BCUT2D eigenvalue weighted by Gasteiger charge is 2.41. The number of carbonyl (C=O) groups excluding carboxylic acids is 1. The Morgan fingerprint density at radius 2 is 2.06 bits per heavy atom. The fourth-order valence-corrected chi connectivity index (χ4v) is 2.32. The number of aliphatic carboxylic acids is 1. The molecule has 1 aromatic rings. The first-order chi connectivity index (χ1) is 8.02. The van der Waals surface area contributed by atoms with E-state index in [2.05, 4.69) is 5.32 Å². The molecule has 0 bridgehead atoms. The van der Waals surface area contributed by atoms with Gasteiger partial charge in [-0.2, -0.15) is 0 Å². The Morgan fingerprint density at radius 3 is 2.53 bits per heavy atom. The monoisotopic (exact) mass is 253 g/mol. The lowest BCUT2D eigenvalue weighted by molar-refractivity contribution is -0.138. The van der Waals surface area contributed by atoms with E-state index in [1.807, 2.05) is 0 Å². The lowest BCUT2D eigenvalue weighted by Gasteiger charge is -2.28. The molecule has 0 aliphatic carbocycles. The number of halogens is 1. The highest BCUT2D eigenvalue weighted by Crippen LogP contribution is 2.35. The van der Waals surface area contributed by atoms with Gasteiger partial charge in [0, 0.05) is 11.4 Å². The molecule has 0 aromatic heterocycles. The zero-order chi connectivity index (χ0) is 12.5. The van der Waals surface area contributed by atoms with Crippen LogP contribution < -0.4 is 5.32 Å². The Labute approximate surface area is 104 Å². The number of hydrogen-bond acceptors (Lipinski definition) is 2. The normalized spacial score (nSPS) is 23.5. The molecule has 0 spiro atoms. The Hall–Kier alpha value is -1.55. The van der Waals surface area contributed by atoms with Gasteiger partial charge in [-0.1, -0.05) is 23.7 Å². The number of amides is 1. The van der Waals surface area contributed by atoms with Crippen LogP contribution in [0.25, 0.3) is 0 Å². The Balaban J connectivity index is 2.36. The Kier molecular flexibility index (Phi) is 3.07. The number of carbonyl (C=O) groups is 2. The first-order valence-corrected chi connectivity index (χ1v) is 5.68. The van der Waals surface area contributed by atoms with Crippen LogP contribution in [0, 0.1) is 0 Å². The van der Waals surface area contributed by atoms with E-state index in [0.717, 1.165) is 5.56 Å². The first-order valence-electron chi connectivity index (χ1n) is 5.31. The van der Waals surface area contributed by atoms with Crippen molar-refractivity contribution in [2.45, 2.75) is 24.8 Å². The highest BCUT2D eigenvalue weighted by atomic mass is 35.5. The molecule has 90 valence electrons. The molecule has 1 heterocycles. The van der Waals surface area contributed by atoms with Crippen LogP contribution in [-0.4, -0.2) is 17.0 Å². The minimum atomic E-state index is -0.929. The second-order valence-electron chi connectivity index (χ2n) is 4.21. The van der Waals surface area contributed by atoms with Crippen LogP contribution in [-0.2, 0) is 15.1 Å². The molecule has 1 saturated heterocycles. The van der Waals surface area contributed by atoms with Crippen LogP contribution in [0.2, 0.25) is 5.02 Å². The van der Waals surface area contributed by atoms with Crippen molar-refractivity contribution in [1.82, 2.24) is 5.32 Å². The van der Waals surface area contributed by atoms with Gasteiger partial charge in [0.2, 0.25) is 5.91 Å². The van der Waals surface area contributed by atoms with E-state index in [1.54, 1.807) is 24.3 Å². The van der Waals surface area contributed by atoms with Crippen molar-refractivity contribution >= 4 is 23.5 Å². The highest BCUT2D eigenvalue weighted by molar-refractivity contribution is 6.30. The van der Waals surface area contributed by atoms with Crippen LogP contribution in [0.15, 0.2) is 24.3 Å². The minimum absolute atomic E-state index is 0.110. The molecule has 2 rings (SSSR count). The van der Waals surface area contributed by atoms with Crippen molar-refractivity contribution in [3.8, 4) is 0 Å². The van der Waals surface area contributed by atoms with Gasteiger partial charge < -0.3 is 10.4 Å². The van der Waals surface area contributed by atoms with E-state index in [-0.39, 0.29) is 12.3 Å². The minimum Gasteiger partial charge on any atom is -0.481 e. The van der Waals surface area contributed by atoms with E-state index in [0.29, 0.717) is 17.9 Å². The number of benzene rings is 1. The summed E-state index contributed by atoms with van der Waals surface area (Å²) < 4.78 is 0. The lowest BCUT2D eigenvalue weighted by Crippen LogP contribution is -2.40. The number of nitrogens with one attached hydrogen (secondary N) is 1. The molecule has 0 radical (unpaired) electrons. The van der Waals surface area contributed by atoms with Gasteiger partial charge in [0.15, 0.2) is 0 Å². The summed E-state index contributed by atoms with van der Waals surface area (Å²) in [5.74, 6) is -1.04. The second kappa shape index (κ2) is 4.37. The summed E-state index contributed by atoms with van der Waals surface area (Å²) in [5, 5.41) is 12.3. The summed E-state index contributed by atoms with van der Waals surface area (Å²) in [6, 6.07) is 6.92. The summed E-state index contributed by atoms with van der Waals surface area (Å²) in [6.45, 7) is 0. The van der Waals surface area contributed by atoms with Gasteiger partial charge in [0.25, 0.3) is 0 Å². The third kappa shape index (κ3) is 2.42. The second-order valence-corrected chi connectivity index (χ2v) is 4.64. The molecule has 1 fully saturated rings. The largest absolute Gasteiger partial charge is 0.481 e. The maximum absolute atomic E-state index is 11.4. The summed E-state index contributed by atoms with van der Waals surface area (Å²) in [4.78, 5) is 22.3. The van der Waals surface area contributed by atoms with Gasteiger partial charge in [0.05, 0.1) is 12.0 Å². The summed E-state index contributed by atoms with van der Waals surface area (Å²) in [5.41, 5.74) is 0.00296. The molecule has 0 saturated carbocycles. The van der Waals surface area contributed by atoms with Gasteiger partial charge in [-0.15, -0.1) is 0 Å². The Morgan fingerprint density at radius 1 is 1.41 bits per heavy atom. The van der Waals surface area contributed by atoms with Crippen molar-refractivity contribution in [2.24, 2.45) is 0 Å². The topological polar surface area (TPSA) is 66.4 Å². The SMILES string of the molecule is O=C(O)C[C@]1(c2ccc(Cl)cc2)CCC(=O)N1. The van der Waals surface area contributed by atoms with Gasteiger partial charge in [-0.25, -0.2) is 0 Å². The maximum Gasteiger partial charge on any atom is 0.306 e. The average Bonchev–Trinajstić information content (AvgIpc) is 2.61. The fraction of sp³-hybridized carbons (Fsp3) is 0.333. The molecule has 17 heavy (non-hydrogen) atoms. The number of carboxylic acids is 1. The van der Waals surface area contributed by atoms with E-state index in [4.69, 9.17) is 16.7 Å². The molecule has 4 nitrogen and oxygen atoms in total. The quantitative estimate of drug-likeness (QED) is 0.865. The summed E-state index contributed by atoms with van der Waals surface area (Å²) in [6.07, 6.45) is 0.746. The maximum atomic E-state index is 11.4. The molecule has 1 aliphatic rings. The van der Waals surface area contributed by atoms with Crippen LogP contribution in [0.3, 0.4) is 0 Å². The predicted molar refractivity (Wildman–Crippen MR) is 62.8 cm³/mol. The molecule has 1 aromatic carbocycles. The van der Waals surface area contributed by atoms with E-state index < -0.39 is 11.5 Å². The van der Waals surface area contributed by atoms with Crippen LogP contribution in [0.1, 0.15) is 24.8 Å². The standard InChI is InChI=1S/C12H12ClNO3/c13-9-3-1-8(2-4-9)12(7-11(16)17)6-5-10(15)14-12/h1-4H,5-7H2,(H,14,15)(H,16,17)/t12-/m0/s1. The predicted octanol–water partition coefficient (Wildman–Crippen LogP) is 1.92. The first kappa shape index (κ1) is 11.9. The fourth-order valence-electron chi connectivity index (χ4n) is 2.20. The summed E-state index contributed by atoms with van der Waals surface area (Å²) >= 11 is 5.79. The third-order valence-electron chi connectivity index (χ3n) is 3.01. The van der Waals surface area contributed by atoms with Crippen molar-refractivity contribution in [2.75, 3.05) is 0 Å². The van der Waals surface area contributed by atoms with E-state index in [1.165, 1.54) is 0 Å². The molecular formula is C12H12ClNO3. The molecule has 1 aliphatic heterocycles. The molecule has 5 heteroatoms. The average molecular weight is 254 g/mol. The van der Waals surface area contributed by atoms with Crippen LogP contribution in [0.4, 0.5) is 0 Å². The van der Waals surface area contributed by atoms with E-state index in [9.17, 15) is 9.59 Å². The van der Waals surface area contributed by atoms with Gasteiger partial charge in [0.1, 0.15) is 0 Å². The molecule has 1 amide bonds. The van der Waals surface area contributed by atoms with Crippen molar-refractivity contribution in [3.63, 3.8) is 0 Å². The van der Waals surface area contributed by atoms with Gasteiger partial charge >= 0.3 is 5.97 Å². The van der Waals surface area contributed by atoms with Crippen LogP contribution >= 0.6 is 11.6 Å². The molecule has 0 unspecified atom stereocenters. The number of hydrogen-bond donors (Lipinski definition) is 2. The van der Waals surface area contributed by atoms with E-state index >= 15 is 0 Å². The number of carboxylic acid groups (broad SMARTS) is 1. The molecule has 1 atom stereocenters. The van der Waals surface area contributed by atoms with Gasteiger partial charge in [-0.3, -0.25) is 9.59 Å². The number of rotatable bonds is 3. The van der Waals surface area contributed by atoms with Crippen molar-refractivity contribution in [1.29, 1.82) is 0 Å². The smallest absolute Gasteiger partial charge is 0.306 e. The lowest BCUT2D eigenvalue weighted by atomic mass is 9.85. The zero-order valence-corrected chi connectivity index (χ0v) is 9.83. The zero-order valence-electron chi connectivity index (χ0n) is 9.07. The van der Waals surface area contributed by atoms with Crippen LogP contribution in [0.5, 0.6) is 0 Å². The van der Waals surface area contributed by atoms with Crippen molar-refractivity contribution in [3.05, 3.63) is 34.9 Å². The van der Waals surface area contributed by atoms with Crippen molar-refractivity contribution < 1.29 is 14.7 Å². The van der Waals surface area contributed by atoms with Gasteiger partial charge in [-0.05, 0) is 24.1 Å². The molecular weight excluding hydrogens is 242 g/mol.